The Morgan fingerprint density at radius 1 is 1.53 bits per heavy atom. The number of hydrogen-bond donors (Lipinski definition) is 2. The van der Waals surface area contributed by atoms with Crippen molar-refractivity contribution in [2.75, 3.05) is 6.61 Å². The highest BCUT2D eigenvalue weighted by Crippen LogP contribution is 2.22. The molecule has 2 N–H and O–H groups in total. The Morgan fingerprint density at radius 2 is 2.16 bits per heavy atom. The summed E-state index contributed by atoms with van der Waals surface area (Å²) >= 11 is 5.85. The lowest BCUT2D eigenvalue weighted by Crippen LogP contribution is -2.41. The molecule has 1 unspecified atom stereocenters. The van der Waals surface area contributed by atoms with Gasteiger partial charge in [-0.3, -0.25) is 14.9 Å². The maximum absolute atomic E-state index is 11.9. The largest absolute Gasteiger partial charge is 0.394 e. The van der Waals surface area contributed by atoms with Crippen LogP contribution in [0, 0.1) is 16.0 Å². The van der Waals surface area contributed by atoms with Gasteiger partial charge in [0.25, 0.3) is 11.6 Å². The third kappa shape index (κ3) is 3.90. The van der Waals surface area contributed by atoms with E-state index in [1.54, 1.807) is 0 Å². The Kier molecular flexibility index (Phi) is 5.26. The van der Waals surface area contributed by atoms with Crippen molar-refractivity contribution in [1.82, 2.24) is 5.32 Å². The van der Waals surface area contributed by atoms with E-state index in [1.165, 1.54) is 12.1 Å². The number of benzene rings is 1. The number of nitrogens with zero attached hydrogens (tertiary/aromatic N) is 1. The van der Waals surface area contributed by atoms with E-state index in [4.69, 9.17) is 16.7 Å². The topological polar surface area (TPSA) is 92.5 Å². The third-order valence-corrected chi connectivity index (χ3v) is 3.04. The standard InChI is InChI=1S/C12H15ClN2O4/c1-7(2)11(6-16)14-12(17)9-4-3-8(15(18)19)5-10(9)13/h3-5,7,11,16H,6H2,1-2H3,(H,14,17). The van der Waals surface area contributed by atoms with Gasteiger partial charge in [-0.15, -0.1) is 0 Å². The number of non-ortho nitro benzene ring substituents is 1. The number of carbonyl (C=O) groups excluding carboxylic acids is 1. The van der Waals surface area contributed by atoms with E-state index in [2.05, 4.69) is 5.32 Å². The lowest BCUT2D eigenvalue weighted by atomic mass is 10.0. The van der Waals surface area contributed by atoms with E-state index in [1.807, 2.05) is 13.8 Å². The Morgan fingerprint density at radius 3 is 2.58 bits per heavy atom. The number of hydrogen-bond acceptors (Lipinski definition) is 4. The molecule has 1 aromatic rings. The second-order valence-corrected chi connectivity index (χ2v) is 4.84. The molecule has 0 saturated heterocycles. The van der Waals surface area contributed by atoms with E-state index >= 15 is 0 Å². The van der Waals surface area contributed by atoms with Gasteiger partial charge in [0.15, 0.2) is 0 Å². The van der Waals surface area contributed by atoms with E-state index in [0.717, 1.165) is 6.07 Å². The molecule has 0 aliphatic heterocycles. The van der Waals surface area contributed by atoms with Crippen LogP contribution in [0.25, 0.3) is 0 Å². The van der Waals surface area contributed by atoms with Gasteiger partial charge < -0.3 is 10.4 Å². The third-order valence-electron chi connectivity index (χ3n) is 2.73. The highest BCUT2D eigenvalue weighted by molar-refractivity contribution is 6.34. The van der Waals surface area contributed by atoms with Crippen LogP contribution in [0.1, 0.15) is 24.2 Å². The van der Waals surface area contributed by atoms with Gasteiger partial charge in [-0.05, 0) is 12.0 Å². The average Bonchev–Trinajstić information content (AvgIpc) is 2.34. The number of halogens is 1. The fourth-order valence-electron chi connectivity index (χ4n) is 1.47. The summed E-state index contributed by atoms with van der Waals surface area (Å²) in [4.78, 5) is 21.9. The molecular formula is C12H15ClN2O4. The molecule has 0 saturated carbocycles. The highest BCUT2D eigenvalue weighted by atomic mass is 35.5. The van der Waals surface area contributed by atoms with E-state index in [0.29, 0.717) is 0 Å². The summed E-state index contributed by atoms with van der Waals surface area (Å²) in [6.45, 7) is 3.53. The molecule has 1 amide bonds. The molecule has 0 spiro atoms. The Balaban J connectivity index is 2.91. The first-order chi connectivity index (χ1) is 8.86. The van der Waals surface area contributed by atoms with Crippen molar-refractivity contribution >= 4 is 23.2 Å². The molecule has 1 atom stereocenters. The second kappa shape index (κ2) is 6.49. The number of aliphatic hydroxyl groups is 1. The minimum Gasteiger partial charge on any atom is -0.394 e. The van der Waals surface area contributed by atoms with E-state index < -0.39 is 16.9 Å². The summed E-state index contributed by atoms with van der Waals surface area (Å²) in [7, 11) is 0. The van der Waals surface area contributed by atoms with Crippen LogP contribution in [0.5, 0.6) is 0 Å². The number of aliphatic hydroxyl groups excluding tert-OH is 1. The first-order valence-electron chi connectivity index (χ1n) is 5.72. The molecule has 0 aliphatic rings. The minimum atomic E-state index is -0.585. The number of carbonyl (C=O) groups is 1. The van der Waals surface area contributed by atoms with Crippen LogP contribution in [0.4, 0.5) is 5.69 Å². The van der Waals surface area contributed by atoms with Gasteiger partial charge in [0, 0.05) is 12.1 Å². The smallest absolute Gasteiger partial charge is 0.270 e. The number of nitro benzene ring substituents is 1. The molecule has 104 valence electrons. The summed E-state index contributed by atoms with van der Waals surface area (Å²) < 4.78 is 0. The van der Waals surface area contributed by atoms with Crippen LogP contribution in [-0.4, -0.2) is 28.6 Å². The SMILES string of the molecule is CC(C)C(CO)NC(=O)c1ccc([N+](=O)[O-])cc1Cl. The van der Waals surface area contributed by atoms with Crippen molar-refractivity contribution < 1.29 is 14.8 Å². The van der Waals surface area contributed by atoms with Crippen LogP contribution in [0.3, 0.4) is 0 Å². The summed E-state index contributed by atoms with van der Waals surface area (Å²) in [6.07, 6.45) is 0. The number of nitrogens with one attached hydrogen (secondary N) is 1. The molecule has 0 fully saturated rings. The molecule has 19 heavy (non-hydrogen) atoms. The Labute approximate surface area is 115 Å². The Hall–Kier alpha value is -1.66. The summed E-state index contributed by atoms with van der Waals surface area (Å²) in [5.74, 6) is -0.404. The maximum atomic E-state index is 11.9. The van der Waals surface area contributed by atoms with Gasteiger partial charge in [0.1, 0.15) is 0 Å². The minimum absolute atomic E-state index is 0.00662. The van der Waals surface area contributed by atoms with Gasteiger partial charge in [0.05, 0.1) is 28.2 Å². The first kappa shape index (κ1) is 15.4. The van der Waals surface area contributed by atoms with E-state index in [-0.39, 0.29) is 28.8 Å². The van der Waals surface area contributed by atoms with Crippen LogP contribution < -0.4 is 5.32 Å². The number of nitro groups is 1. The molecule has 6 nitrogen and oxygen atoms in total. The predicted octanol–water partition coefficient (Wildman–Crippen LogP) is 1.99. The van der Waals surface area contributed by atoms with Gasteiger partial charge >= 0.3 is 0 Å². The monoisotopic (exact) mass is 286 g/mol. The Bertz CT molecular complexity index is 491. The molecule has 1 rings (SSSR count). The van der Waals surface area contributed by atoms with Gasteiger partial charge in [-0.25, -0.2) is 0 Å². The van der Waals surface area contributed by atoms with Crippen LogP contribution in [0.2, 0.25) is 5.02 Å². The molecule has 0 aromatic heterocycles. The lowest BCUT2D eigenvalue weighted by molar-refractivity contribution is -0.384. The van der Waals surface area contributed by atoms with Crippen molar-refractivity contribution in [3.63, 3.8) is 0 Å². The van der Waals surface area contributed by atoms with Gasteiger partial charge in [0.2, 0.25) is 0 Å². The van der Waals surface area contributed by atoms with Crippen LogP contribution in [-0.2, 0) is 0 Å². The number of rotatable bonds is 5. The zero-order valence-electron chi connectivity index (χ0n) is 10.6. The molecule has 0 heterocycles. The zero-order chi connectivity index (χ0) is 14.6. The first-order valence-corrected chi connectivity index (χ1v) is 6.10. The fraction of sp³-hybridized carbons (Fsp3) is 0.417. The highest BCUT2D eigenvalue weighted by Gasteiger charge is 2.19. The molecule has 1 aromatic carbocycles. The van der Waals surface area contributed by atoms with Crippen LogP contribution in [0.15, 0.2) is 18.2 Å². The molecule has 0 radical (unpaired) electrons. The quantitative estimate of drug-likeness (QED) is 0.639. The van der Waals surface area contributed by atoms with Crippen molar-refractivity contribution in [2.45, 2.75) is 19.9 Å². The predicted molar refractivity (Wildman–Crippen MR) is 71.3 cm³/mol. The van der Waals surface area contributed by atoms with Crippen LogP contribution >= 0.6 is 11.6 Å². The van der Waals surface area contributed by atoms with Crippen molar-refractivity contribution in [2.24, 2.45) is 5.92 Å². The van der Waals surface area contributed by atoms with Gasteiger partial charge in [-0.1, -0.05) is 25.4 Å². The lowest BCUT2D eigenvalue weighted by Gasteiger charge is -2.20. The second-order valence-electron chi connectivity index (χ2n) is 4.43. The maximum Gasteiger partial charge on any atom is 0.270 e. The summed E-state index contributed by atoms with van der Waals surface area (Å²) in [5.41, 5.74) is -0.0320. The van der Waals surface area contributed by atoms with Gasteiger partial charge in [-0.2, -0.15) is 0 Å². The summed E-state index contributed by atoms with van der Waals surface area (Å²) in [6, 6.07) is 3.24. The summed E-state index contributed by atoms with van der Waals surface area (Å²) in [5, 5.41) is 22.3. The average molecular weight is 287 g/mol. The van der Waals surface area contributed by atoms with Crippen molar-refractivity contribution in [3.05, 3.63) is 38.9 Å². The molecule has 7 heteroatoms. The normalized spacial score (nSPS) is 12.3. The molecule has 0 aliphatic carbocycles. The fourth-order valence-corrected chi connectivity index (χ4v) is 1.73. The molecular weight excluding hydrogens is 272 g/mol. The molecule has 0 bridgehead atoms. The number of amides is 1. The van der Waals surface area contributed by atoms with E-state index in [9.17, 15) is 14.9 Å². The van der Waals surface area contributed by atoms with Crippen molar-refractivity contribution in [3.8, 4) is 0 Å². The van der Waals surface area contributed by atoms with Crippen molar-refractivity contribution in [1.29, 1.82) is 0 Å². The zero-order valence-corrected chi connectivity index (χ0v) is 11.3.